The molecular weight excluding hydrogens is 336 g/mol. The summed E-state index contributed by atoms with van der Waals surface area (Å²) in [6.07, 6.45) is 3.83. The highest BCUT2D eigenvalue weighted by Gasteiger charge is 2.17. The molecule has 1 aliphatic carbocycles. The molecule has 4 rings (SSSR count). The molecular formula is C16H13BrS2. The van der Waals surface area contributed by atoms with Gasteiger partial charge in [-0.15, -0.1) is 22.7 Å². The molecule has 0 saturated heterocycles. The van der Waals surface area contributed by atoms with Crippen LogP contribution in [0, 0.1) is 0 Å². The van der Waals surface area contributed by atoms with Crippen LogP contribution in [0.3, 0.4) is 0 Å². The van der Waals surface area contributed by atoms with E-state index in [0.29, 0.717) is 4.83 Å². The molecule has 0 aliphatic heterocycles. The largest absolute Gasteiger partial charge is 0.143 e. The van der Waals surface area contributed by atoms with E-state index in [-0.39, 0.29) is 0 Å². The molecule has 0 N–H and O–H groups in total. The minimum Gasteiger partial charge on any atom is -0.143 e. The molecule has 0 bridgehead atoms. The SMILES string of the molecule is BrC(c1ccc2c(c1)CCC2)c1cc2sccc2s1. The summed E-state index contributed by atoms with van der Waals surface area (Å²) >= 11 is 7.61. The topological polar surface area (TPSA) is 0 Å². The van der Waals surface area contributed by atoms with Crippen molar-refractivity contribution < 1.29 is 0 Å². The Bertz CT molecular complexity index is 710. The Morgan fingerprint density at radius 2 is 1.89 bits per heavy atom. The van der Waals surface area contributed by atoms with Crippen LogP contribution >= 0.6 is 38.6 Å². The predicted molar refractivity (Wildman–Crippen MR) is 88.9 cm³/mol. The third-order valence-corrected chi connectivity index (χ3v) is 7.31. The van der Waals surface area contributed by atoms with Crippen LogP contribution in [0.25, 0.3) is 9.40 Å². The second kappa shape index (κ2) is 4.72. The molecule has 3 heteroatoms. The fourth-order valence-corrected chi connectivity index (χ4v) is 5.65. The molecule has 2 aromatic heterocycles. The van der Waals surface area contributed by atoms with Gasteiger partial charge in [-0.3, -0.25) is 0 Å². The van der Waals surface area contributed by atoms with Crippen molar-refractivity contribution in [1.29, 1.82) is 0 Å². The molecule has 0 amide bonds. The van der Waals surface area contributed by atoms with Crippen molar-refractivity contribution in [2.45, 2.75) is 24.1 Å². The molecule has 0 nitrogen and oxygen atoms in total. The van der Waals surface area contributed by atoms with E-state index in [9.17, 15) is 0 Å². The molecule has 0 radical (unpaired) electrons. The van der Waals surface area contributed by atoms with E-state index in [1.54, 1.807) is 11.1 Å². The molecule has 1 unspecified atom stereocenters. The van der Waals surface area contributed by atoms with Crippen LogP contribution in [0.5, 0.6) is 0 Å². The number of thiophene rings is 2. The van der Waals surface area contributed by atoms with Gasteiger partial charge in [0.15, 0.2) is 0 Å². The van der Waals surface area contributed by atoms with Crippen LogP contribution in [0.4, 0.5) is 0 Å². The first kappa shape index (κ1) is 12.1. The van der Waals surface area contributed by atoms with Crippen molar-refractivity contribution >= 4 is 48.0 Å². The fraction of sp³-hybridized carbons (Fsp3) is 0.250. The molecule has 19 heavy (non-hydrogen) atoms. The lowest BCUT2D eigenvalue weighted by atomic mass is 10.0. The van der Waals surface area contributed by atoms with Gasteiger partial charge in [-0.1, -0.05) is 34.1 Å². The molecule has 1 atom stereocenters. The van der Waals surface area contributed by atoms with Crippen molar-refractivity contribution in [2.24, 2.45) is 0 Å². The van der Waals surface area contributed by atoms with Gasteiger partial charge in [0.25, 0.3) is 0 Å². The highest BCUT2D eigenvalue weighted by molar-refractivity contribution is 9.09. The van der Waals surface area contributed by atoms with Crippen molar-refractivity contribution in [3.05, 3.63) is 57.3 Å². The van der Waals surface area contributed by atoms with E-state index in [0.717, 1.165) is 0 Å². The Balaban J connectivity index is 1.73. The zero-order valence-electron chi connectivity index (χ0n) is 10.4. The van der Waals surface area contributed by atoms with Gasteiger partial charge in [0.05, 0.1) is 4.83 Å². The predicted octanol–water partition coefficient (Wildman–Crippen LogP) is 5.94. The smallest absolute Gasteiger partial charge is 0.0738 e. The first-order valence-corrected chi connectivity index (χ1v) is 9.15. The Hall–Kier alpha value is -0.640. The molecule has 0 spiro atoms. The Labute approximate surface area is 129 Å². The summed E-state index contributed by atoms with van der Waals surface area (Å²) in [6, 6.07) is 11.6. The maximum atomic E-state index is 3.88. The van der Waals surface area contributed by atoms with Crippen molar-refractivity contribution in [3.63, 3.8) is 0 Å². The molecule has 1 aromatic carbocycles. The van der Waals surface area contributed by atoms with Crippen LogP contribution in [-0.2, 0) is 12.8 Å². The lowest BCUT2D eigenvalue weighted by Gasteiger charge is -2.10. The summed E-state index contributed by atoms with van der Waals surface area (Å²) in [5, 5.41) is 2.17. The highest BCUT2D eigenvalue weighted by atomic mass is 79.9. The number of benzene rings is 1. The minimum atomic E-state index is 0.336. The quantitative estimate of drug-likeness (QED) is 0.503. The third kappa shape index (κ3) is 2.08. The normalized spacial score (nSPS) is 15.8. The zero-order chi connectivity index (χ0) is 12.8. The fourth-order valence-electron chi connectivity index (χ4n) is 2.82. The van der Waals surface area contributed by atoms with Gasteiger partial charge in [-0.2, -0.15) is 0 Å². The lowest BCUT2D eigenvalue weighted by Crippen LogP contribution is -1.92. The van der Waals surface area contributed by atoms with E-state index < -0.39 is 0 Å². The van der Waals surface area contributed by atoms with Crippen LogP contribution in [0.15, 0.2) is 35.7 Å². The maximum absolute atomic E-state index is 3.88. The molecule has 0 fully saturated rings. The number of hydrogen-bond donors (Lipinski definition) is 0. The summed E-state index contributed by atoms with van der Waals surface area (Å²) in [5.74, 6) is 0. The van der Waals surface area contributed by atoms with E-state index >= 15 is 0 Å². The number of halogens is 1. The summed E-state index contributed by atoms with van der Waals surface area (Å²) in [5.41, 5.74) is 4.51. The Kier molecular flexibility index (Phi) is 3.02. The second-order valence-corrected chi connectivity index (χ2v) is 8.02. The van der Waals surface area contributed by atoms with Gasteiger partial charge in [0.1, 0.15) is 0 Å². The minimum absolute atomic E-state index is 0.336. The number of hydrogen-bond acceptors (Lipinski definition) is 2. The molecule has 0 saturated carbocycles. The standard InChI is InChI=1S/C16H13BrS2/c17-16(15-9-14-13(19-15)6-7-18-14)12-5-4-10-2-1-3-11(10)8-12/h4-9,16H,1-3H2. The van der Waals surface area contributed by atoms with E-state index in [2.05, 4.69) is 51.6 Å². The molecule has 96 valence electrons. The first-order chi connectivity index (χ1) is 9.31. The number of aryl methyl sites for hydroxylation is 2. The summed E-state index contributed by atoms with van der Waals surface area (Å²) in [6.45, 7) is 0. The van der Waals surface area contributed by atoms with Gasteiger partial charge in [0.2, 0.25) is 0 Å². The van der Waals surface area contributed by atoms with Crippen LogP contribution in [0.1, 0.15) is 32.8 Å². The average molecular weight is 349 g/mol. The van der Waals surface area contributed by atoms with Crippen LogP contribution in [-0.4, -0.2) is 0 Å². The number of alkyl halides is 1. The van der Waals surface area contributed by atoms with Gasteiger partial charge < -0.3 is 0 Å². The summed E-state index contributed by atoms with van der Waals surface area (Å²) in [7, 11) is 0. The van der Waals surface area contributed by atoms with E-state index in [1.807, 2.05) is 22.7 Å². The van der Waals surface area contributed by atoms with Gasteiger partial charge >= 0.3 is 0 Å². The first-order valence-electron chi connectivity index (χ1n) is 6.54. The van der Waals surface area contributed by atoms with Crippen LogP contribution in [0.2, 0.25) is 0 Å². The van der Waals surface area contributed by atoms with Crippen molar-refractivity contribution in [2.75, 3.05) is 0 Å². The Morgan fingerprint density at radius 1 is 1.00 bits per heavy atom. The van der Waals surface area contributed by atoms with Gasteiger partial charge in [-0.05, 0) is 53.5 Å². The van der Waals surface area contributed by atoms with Gasteiger partial charge in [0, 0.05) is 14.3 Å². The maximum Gasteiger partial charge on any atom is 0.0738 e. The summed E-state index contributed by atoms with van der Waals surface area (Å²) < 4.78 is 2.82. The van der Waals surface area contributed by atoms with Crippen molar-refractivity contribution in [3.8, 4) is 0 Å². The zero-order valence-corrected chi connectivity index (χ0v) is 13.6. The lowest BCUT2D eigenvalue weighted by molar-refractivity contribution is 0.911. The highest BCUT2D eigenvalue weighted by Crippen LogP contribution is 2.40. The second-order valence-electron chi connectivity index (χ2n) is 5.04. The van der Waals surface area contributed by atoms with Crippen LogP contribution < -0.4 is 0 Å². The Morgan fingerprint density at radius 3 is 2.79 bits per heavy atom. The molecule has 1 aliphatic rings. The monoisotopic (exact) mass is 348 g/mol. The van der Waals surface area contributed by atoms with E-state index in [1.165, 1.54) is 39.1 Å². The average Bonchev–Trinajstić information content (AvgIpc) is 3.11. The summed E-state index contributed by atoms with van der Waals surface area (Å²) in [4.78, 5) is 1.75. The molecule has 2 heterocycles. The van der Waals surface area contributed by atoms with Crippen molar-refractivity contribution in [1.82, 2.24) is 0 Å². The van der Waals surface area contributed by atoms with Gasteiger partial charge in [-0.25, -0.2) is 0 Å². The number of rotatable bonds is 2. The third-order valence-electron chi connectivity index (χ3n) is 3.82. The van der Waals surface area contributed by atoms with E-state index in [4.69, 9.17) is 0 Å². The molecule has 3 aromatic rings. The number of fused-ring (bicyclic) bond motifs is 2.